The summed E-state index contributed by atoms with van der Waals surface area (Å²) in [5.41, 5.74) is 3.78. The van der Waals surface area contributed by atoms with Crippen LogP contribution in [0.25, 0.3) is 0 Å². The molecule has 0 radical (unpaired) electrons. The lowest BCUT2D eigenvalue weighted by molar-refractivity contribution is 0.226. The topological polar surface area (TPSA) is 37.4 Å². The Balaban J connectivity index is 2.84. The minimum Gasteiger partial charge on any atom is -0.296 e. The van der Waals surface area contributed by atoms with Gasteiger partial charge in [-0.15, -0.1) is 0 Å². The highest BCUT2D eigenvalue weighted by atomic mass is 32.2. The second-order valence-electron chi connectivity index (χ2n) is 5.43. The Labute approximate surface area is 117 Å². The van der Waals surface area contributed by atoms with E-state index in [0.29, 0.717) is 0 Å². The molecule has 0 aliphatic rings. The van der Waals surface area contributed by atoms with Gasteiger partial charge in [0.2, 0.25) is 0 Å². The van der Waals surface area contributed by atoms with Crippen LogP contribution in [0.4, 0.5) is 0 Å². The minimum absolute atomic E-state index is 0.0416. The SMILES string of the molecule is CCN(Cc1cc(C)ccc1C)C(C)CS(C)(=O)=O. The third-order valence-electron chi connectivity index (χ3n) is 3.45. The highest BCUT2D eigenvalue weighted by molar-refractivity contribution is 7.90. The standard InChI is InChI=1S/C15H25NO2S/c1-6-16(14(4)11-19(5,17)18)10-15-9-12(2)7-8-13(15)3/h7-9,14H,6,10-11H2,1-5H3. The van der Waals surface area contributed by atoms with Crippen LogP contribution in [0.1, 0.15) is 30.5 Å². The molecular formula is C15H25NO2S. The first kappa shape index (κ1) is 16.2. The molecule has 0 bridgehead atoms. The molecule has 3 nitrogen and oxygen atoms in total. The quantitative estimate of drug-likeness (QED) is 0.805. The van der Waals surface area contributed by atoms with Crippen LogP contribution in [0.2, 0.25) is 0 Å². The molecule has 0 saturated carbocycles. The van der Waals surface area contributed by atoms with Gasteiger partial charge in [-0.3, -0.25) is 4.90 Å². The number of sulfone groups is 1. The van der Waals surface area contributed by atoms with E-state index in [1.807, 2.05) is 6.92 Å². The summed E-state index contributed by atoms with van der Waals surface area (Å²) in [5, 5.41) is 0. The van der Waals surface area contributed by atoms with Gasteiger partial charge in [0.15, 0.2) is 0 Å². The zero-order chi connectivity index (χ0) is 14.6. The van der Waals surface area contributed by atoms with Gasteiger partial charge in [-0.1, -0.05) is 30.7 Å². The van der Waals surface area contributed by atoms with Gasteiger partial charge in [-0.05, 0) is 38.4 Å². The van der Waals surface area contributed by atoms with E-state index >= 15 is 0 Å². The first-order valence-electron chi connectivity index (χ1n) is 6.71. The van der Waals surface area contributed by atoms with Crippen LogP contribution >= 0.6 is 0 Å². The Morgan fingerprint density at radius 2 is 1.89 bits per heavy atom. The molecule has 1 unspecified atom stereocenters. The van der Waals surface area contributed by atoms with E-state index < -0.39 is 9.84 Å². The lowest BCUT2D eigenvalue weighted by atomic mass is 10.0. The zero-order valence-corrected chi connectivity index (χ0v) is 13.4. The van der Waals surface area contributed by atoms with E-state index in [1.54, 1.807) is 0 Å². The summed E-state index contributed by atoms with van der Waals surface area (Å²) in [6.07, 6.45) is 1.30. The van der Waals surface area contributed by atoms with E-state index in [4.69, 9.17) is 0 Å². The van der Waals surface area contributed by atoms with Gasteiger partial charge in [0, 0.05) is 18.8 Å². The van der Waals surface area contributed by atoms with Crippen molar-refractivity contribution < 1.29 is 8.42 Å². The predicted molar refractivity (Wildman–Crippen MR) is 81.2 cm³/mol. The Bertz CT molecular complexity index is 523. The fourth-order valence-electron chi connectivity index (χ4n) is 2.31. The second kappa shape index (κ2) is 6.53. The Hall–Kier alpha value is -0.870. The third kappa shape index (κ3) is 5.33. The molecule has 0 N–H and O–H groups in total. The number of nitrogens with zero attached hydrogens (tertiary/aromatic N) is 1. The van der Waals surface area contributed by atoms with E-state index in [-0.39, 0.29) is 11.8 Å². The fraction of sp³-hybridized carbons (Fsp3) is 0.600. The highest BCUT2D eigenvalue weighted by Gasteiger charge is 2.18. The van der Waals surface area contributed by atoms with Crippen LogP contribution in [0.3, 0.4) is 0 Å². The molecular weight excluding hydrogens is 258 g/mol. The average molecular weight is 283 g/mol. The van der Waals surface area contributed by atoms with Crippen LogP contribution in [-0.4, -0.2) is 37.9 Å². The molecule has 1 aromatic rings. The van der Waals surface area contributed by atoms with E-state index in [0.717, 1.165) is 13.1 Å². The lowest BCUT2D eigenvalue weighted by Crippen LogP contribution is -2.37. The van der Waals surface area contributed by atoms with Gasteiger partial charge in [0.25, 0.3) is 0 Å². The van der Waals surface area contributed by atoms with Crippen molar-refractivity contribution in [3.63, 3.8) is 0 Å². The molecule has 0 aromatic heterocycles. The Morgan fingerprint density at radius 1 is 1.26 bits per heavy atom. The second-order valence-corrected chi connectivity index (χ2v) is 7.62. The summed E-state index contributed by atoms with van der Waals surface area (Å²) < 4.78 is 22.8. The van der Waals surface area contributed by atoms with E-state index in [1.165, 1.54) is 22.9 Å². The molecule has 1 atom stereocenters. The predicted octanol–water partition coefficient (Wildman–Crippen LogP) is 2.56. The summed E-state index contributed by atoms with van der Waals surface area (Å²) >= 11 is 0. The normalized spacial score (nSPS) is 13.8. The first-order valence-corrected chi connectivity index (χ1v) is 8.77. The molecule has 0 aliphatic carbocycles. The van der Waals surface area contributed by atoms with Crippen molar-refractivity contribution in [3.05, 3.63) is 34.9 Å². The van der Waals surface area contributed by atoms with Crippen LogP contribution < -0.4 is 0 Å². The van der Waals surface area contributed by atoms with Gasteiger partial charge in [0.1, 0.15) is 9.84 Å². The number of benzene rings is 1. The lowest BCUT2D eigenvalue weighted by Gasteiger charge is -2.28. The van der Waals surface area contributed by atoms with Crippen molar-refractivity contribution in [1.82, 2.24) is 4.90 Å². The summed E-state index contributed by atoms with van der Waals surface area (Å²) in [7, 11) is -2.93. The molecule has 1 aromatic carbocycles. The third-order valence-corrected chi connectivity index (χ3v) is 4.54. The Morgan fingerprint density at radius 3 is 2.42 bits per heavy atom. The van der Waals surface area contributed by atoms with Crippen molar-refractivity contribution in [1.29, 1.82) is 0 Å². The van der Waals surface area contributed by atoms with Crippen molar-refractivity contribution in [2.75, 3.05) is 18.6 Å². The number of hydrogen-bond acceptors (Lipinski definition) is 3. The van der Waals surface area contributed by atoms with Crippen LogP contribution in [0, 0.1) is 13.8 Å². The molecule has 0 fully saturated rings. The summed E-state index contributed by atoms with van der Waals surface area (Å²) in [5.74, 6) is 0.214. The van der Waals surface area contributed by atoms with E-state index in [9.17, 15) is 8.42 Å². The molecule has 0 aliphatic heterocycles. The summed E-state index contributed by atoms with van der Waals surface area (Å²) in [6, 6.07) is 6.46. The fourth-order valence-corrected chi connectivity index (χ4v) is 3.40. The number of rotatable bonds is 6. The zero-order valence-electron chi connectivity index (χ0n) is 12.6. The minimum atomic E-state index is -2.93. The van der Waals surface area contributed by atoms with Gasteiger partial charge < -0.3 is 0 Å². The molecule has 19 heavy (non-hydrogen) atoms. The van der Waals surface area contributed by atoms with Crippen LogP contribution in [0.15, 0.2) is 18.2 Å². The smallest absolute Gasteiger partial charge is 0.148 e. The Kier molecular flexibility index (Phi) is 5.56. The maximum absolute atomic E-state index is 11.4. The van der Waals surface area contributed by atoms with Gasteiger partial charge >= 0.3 is 0 Å². The average Bonchev–Trinajstić information content (AvgIpc) is 2.27. The number of hydrogen-bond donors (Lipinski definition) is 0. The van der Waals surface area contributed by atoms with Crippen molar-refractivity contribution in [2.45, 2.75) is 40.3 Å². The molecule has 0 saturated heterocycles. The largest absolute Gasteiger partial charge is 0.296 e. The van der Waals surface area contributed by atoms with Gasteiger partial charge in [-0.2, -0.15) is 0 Å². The van der Waals surface area contributed by atoms with Gasteiger partial charge in [-0.25, -0.2) is 8.42 Å². The van der Waals surface area contributed by atoms with Crippen LogP contribution in [0.5, 0.6) is 0 Å². The maximum atomic E-state index is 11.4. The van der Waals surface area contributed by atoms with Crippen molar-refractivity contribution in [2.24, 2.45) is 0 Å². The monoisotopic (exact) mass is 283 g/mol. The van der Waals surface area contributed by atoms with Crippen molar-refractivity contribution >= 4 is 9.84 Å². The molecule has 0 spiro atoms. The molecule has 0 amide bonds. The first-order chi connectivity index (χ1) is 8.73. The van der Waals surface area contributed by atoms with Crippen LogP contribution in [-0.2, 0) is 16.4 Å². The molecule has 4 heteroatoms. The molecule has 0 heterocycles. The summed E-state index contributed by atoms with van der Waals surface area (Å²) in [6.45, 7) is 9.90. The van der Waals surface area contributed by atoms with E-state index in [2.05, 4.69) is 43.9 Å². The number of aryl methyl sites for hydroxylation is 2. The summed E-state index contributed by atoms with van der Waals surface area (Å²) in [4.78, 5) is 2.21. The molecule has 108 valence electrons. The molecule has 1 rings (SSSR count). The maximum Gasteiger partial charge on any atom is 0.148 e. The highest BCUT2D eigenvalue weighted by Crippen LogP contribution is 2.15. The van der Waals surface area contributed by atoms with Crippen molar-refractivity contribution in [3.8, 4) is 0 Å². The van der Waals surface area contributed by atoms with Gasteiger partial charge in [0.05, 0.1) is 5.75 Å².